The summed E-state index contributed by atoms with van der Waals surface area (Å²) in [5.74, 6) is -1.91. The molecule has 5 nitrogen and oxygen atoms in total. The van der Waals surface area contributed by atoms with Crippen LogP contribution in [0.15, 0.2) is 41.1 Å². The second-order valence-electron chi connectivity index (χ2n) is 5.21. The van der Waals surface area contributed by atoms with Crippen molar-refractivity contribution >= 4 is 28.8 Å². The Labute approximate surface area is 138 Å². The van der Waals surface area contributed by atoms with E-state index in [0.29, 0.717) is 12.2 Å². The summed E-state index contributed by atoms with van der Waals surface area (Å²) in [7, 11) is 3.82. The Morgan fingerprint density at radius 2 is 1.87 bits per heavy atom. The Morgan fingerprint density at radius 3 is 2.43 bits per heavy atom. The van der Waals surface area contributed by atoms with Crippen LogP contribution in [0.1, 0.15) is 11.6 Å². The number of hydrogen-bond acceptors (Lipinski definition) is 4. The van der Waals surface area contributed by atoms with Crippen molar-refractivity contribution in [1.82, 2.24) is 10.2 Å². The zero-order valence-electron chi connectivity index (χ0n) is 12.9. The predicted octanol–water partition coefficient (Wildman–Crippen LogP) is 2.24. The van der Waals surface area contributed by atoms with Gasteiger partial charge in [0, 0.05) is 12.2 Å². The molecule has 2 aromatic rings. The Kier molecular flexibility index (Phi) is 5.84. The summed E-state index contributed by atoms with van der Waals surface area (Å²) in [6.45, 7) is 0.319. The second kappa shape index (κ2) is 7.85. The lowest BCUT2D eigenvalue weighted by Crippen LogP contribution is -2.40. The number of nitrogens with one attached hydrogen (secondary N) is 2. The summed E-state index contributed by atoms with van der Waals surface area (Å²) >= 11 is 1.58. The van der Waals surface area contributed by atoms with Crippen LogP contribution in [-0.4, -0.2) is 37.4 Å². The molecule has 1 atom stereocenters. The maximum absolute atomic E-state index is 12.8. The van der Waals surface area contributed by atoms with Crippen LogP contribution in [0.5, 0.6) is 0 Å². The van der Waals surface area contributed by atoms with Crippen molar-refractivity contribution in [2.24, 2.45) is 0 Å². The number of carbonyl (C=O) groups excluding carboxylic acids is 2. The summed E-state index contributed by atoms with van der Waals surface area (Å²) in [4.78, 5) is 25.7. The highest BCUT2D eigenvalue weighted by atomic mass is 32.1. The van der Waals surface area contributed by atoms with Gasteiger partial charge >= 0.3 is 11.8 Å². The minimum absolute atomic E-state index is 0.0104. The molecule has 1 aromatic carbocycles. The van der Waals surface area contributed by atoms with Crippen LogP contribution in [0, 0.1) is 5.82 Å². The standard InChI is InChI=1S/C16H18FN3O2S/c1-20(2)14(11-7-8-23-10-11)9-18-15(21)16(22)19-13-5-3-12(17)4-6-13/h3-8,10,14H,9H2,1-2H3,(H,18,21)(H,19,22)/t14-/m0/s1. The van der Waals surface area contributed by atoms with Gasteiger partial charge in [0.1, 0.15) is 5.82 Å². The zero-order chi connectivity index (χ0) is 16.8. The van der Waals surface area contributed by atoms with Crippen LogP contribution in [0.25, 0.3) is 0 Å². The normalized spacial score (nSPS) is 12.0. The van der Waals surface area contributed by atoms with Crippen LogP contribution in [0.4, 0.5) is 10.1 Å². The fourth-order valence-electron chi connectivity index (χ4n) is 2.05. The van der Waals surface area contributed by atoms with E-state index in [4.69, 9.17) is 0 Å². The van der Waals surface area contributed by atoms with Gasteiger partial charge in [-0.1, -0.05) is 0 Å². The first-order chi connectivity index (χ1) is 11.0. The molecule has 0 fully saturated rings. The molecule has 2 rings (SSSR count). The molecule has 0 bridgehead atoms. The van der Waals surface area contributed by atoms with Gasteiger partial charge in [0.05, 0.1) is 6.04 Å². The van der Waals surface area contributed by atoms with E-state index in [0.717, 1.165) is 5.56 Å². The summed E-state index contributed by atoms with van der Waals surface area (Å²) < 4.78 is 12.8. The van der Waals surface area contributed by atoms with Crippen molar-refractivity contribution in [3.63, 3.8) is 0 Å². The molecule has 1 heterocycles. The number of likely N-dealkylation sites (N-methyl/N-ethyl adjacent to an activating group) is 1. The van der Waals surface area contributed by atoms with E-state index in [1.807, 2.05) is 35.8 Å². The Bertz CT molecular complexity index is 656. The van der Waals surface area contributed by atoms with Crippen molar-refractivity contribution in [1.29, 1.82) is 0 Å². The largest absolute Gasteiger partial charge is 0.346 e. The molecule has 2 N–H and O–H groups in total. The Morgan fingerprint density at radius 1 is 1.17 bits per heavy atom. The lowest BCUT2D eigenvalue weighted by Gasteiger charge is -2.23. The molecule has 122 valence electrons. The molecule has 2 amide bonds. The molecule has 0 aliphatic heterocycles. The van der Waals surface area contributed by atoms with Crippen molar-refractivity contribution < 1.29 is 14.0 Å². The number of rotatable bonds is 5. The molecule has 0 aliphatic carbocycles. The number of benzene rings is 1. The van der Waals surface area contributed by atoms with Crippen LogP contribution in [0.2, 0.25) is 0 Å². The molecule has 1 aromatic heterocycles. The van der Waals surface area contributed by atoms with Gasteiger partial charge in [-0.3, -0.25) is 9.59 Å². The van der Waals surface area contributed by atoms with Crippen LogP contribution >= 0.6 is 11.3 Å². The van der Waals surface area contributed by atoms with E-state index in [2.05, 4.69) is 10.6 Å². The van der Waals surface area contributed by atoms with Gasteiger partial charge in [0.2, 0.25) is 0 Å². The van der Waals surface area contributed by atoms with Gasteiger partial charge in [-0.2, -0.15) is 11.3 Å². The molecule has 0 unspecified atom stereocenters. The third-order valence-electron chi connectivity index (χ3n) is 3.32. The monoisotopic (exact) mass is 335 g/mol. The topological polar surface area (TPSA) is 61.4 Å². The van der Waals surface area contributed by atoms with E-state index in [-0.39, 0.29) is 6.04 Å². The predicted molar refractivity (Wildman–Crippen MR) is 88.8 cm³/mol. The third-order valence-corrected chi connectivity index (χ3v) is 4.02. The Balaban J connectivity index is 1.90. The first kappa shape index (κ1) is 17.1. The fourth-order valence-corrected chi connectivity index (χ4v) is 2.76. The molecule has 0 radical (unpaired) electrons. The number of nitrogens with zero attached hydrogens (tertiary/aromatic N) is 1. The second-order valence-corrected chi connectivity index (χ2v) is 5.99. The maximum atomic E-state index is 12.8. The molecule has 7 heteroatoms. The first-order valence-electron chi connectivity index (χ1n) is 7.00. The van der Waals surface area contributed by atoms with Crippen molar-refractivity contribution in [2.75, 3.05) is 26.0 Å². The lowest BCUT2D eigenvalue weighted by molar-refractivity contribution is -0.136. The minimum Gasteiger partial charge on any atom is -0.346 e. The number of thiophene rings is 1. The fraction of sp³-hybridized carbons (Fsp3) is 0.250. The van der Waals surface area contributed by atoms with Gasteiger partial charge < -0.3 is 15.5 Å². The van der Waals surface area contributed by atoms with E-state index >= 15 is 0 Å². The van der Waals surface area contributed by atoms with E-state index in [1.165, 1.54) is 24.3 Å². The first-order valence-corrected chi connectivity index (χ1v) is 7.95. The Hall–Kier alpha value is -2.25. The molecular formula is C16H18FN3O2S. The van der Waals surface area contributed by atoms with E-state index in [1.54, 1.807) is 11.3 Å². The van der Waals surface area contributed by atoms with Crippen molar-refractivity contribution in [3.8, 4) is 0 Å². The van der Waals surface area contributed by atoms with Crippen molar-refractivity contribution in [2.45, 2.75) is 6.04 Å². The average Bonchev–Trinajstić information content (AvgIpc) is 3.03. The highest BCUT2D eigenvalue weighted by Gasteiger charge is 2.19. The summed E-state index contributed by atoms with van der Waals surface area (Å²) in [6.07, 6.45) is 0. The number of anilines is 1. The van der Waals surface area contributed by atoms with Crippen LogP contribution in [0.3, 0.4) is 0 Å². The quantitative estimate of drug-likeness (QED) is 0.824. The molecule has 23 heavy (non-hydrogen) atoms. The maximum Gasteiger partial charge on any atom is 0.313 e. The van der Waals surface area contributed by atoms with Crippen LogP contribution in [-0.2, 0) is 9.59 Å². The number of amides is 2. The number of halogens is 1. The lowest BCUT2D eigenvalue weighted by atomic mass is 10.1. The van der Waals surface area contributed by atoms with Crippen LogP contribution < -0.4 is 10.6 Å². The molecular weight excluding hydrogens is 317 g/mol. The highest BCUT2D eigenvalue weighted by molar-refractivity contribution is 7.07. The third kappa shape index (κ3) is 4.87. The van der Waals surface area contributed by atoms with Gasteiger partial charge in [0.15, 0.2) is 0 Å². The van der Waals surface area contributed by atoms with Gasteiger partial charge in [0.25, 0.3) is 0 Å². The average molecular weight is 335 g/mol. The van der Waals surface area contributed by atoms with Crippen molar-refractivity contribution in [3.05, 3.63) is 52.5 Å². The summed E-state index contributed by atoms with van der Waals surface area (Å²) in [5, 5.41) is 9.03. The highest BCUT2D eigenvalue weighted by Crippen LogP contribution is 2.19. The SMILES string of the molecule is CN(C)[C@@H](CNC(=O)C(=O)Nc1ccc(F)cc1)c1ccsc1. The van der Waals surface area contributed by atoms with Gasteiger partial charge in [-0.15, -0.1) is 0 Å². The number of carbonyl (C=O) groups is 2. The summed E-state index contributed by atoms with van der Waals surface area (Å²) in [5.41, 5.74) is 1.45. The summed E-state index contributed by atoms with van der Waals surface area (Å²) in [6, 6.07) is 7.20. The number of hydrogen-bond donors (Lipinski definition) is 2. The van der Waals surface area contributed by atoms with E-state index < -0.39 is 17.6 Å². The van der Waals surface area contributed by atoms with E-state index in [9.17, 15) is 14.0 Å². The molecule has 0 aliphatic rings. The zero-order valence-corrected chi connectivity index (χ0v) is 13.7. The molecule has 0 saturated carbocycles. The minimum atomic E-state index is -0.778. The molecule has 0 spiro atoms. The van der Waals surface area contributed by atoms with Gasteiger partial charge in [-0.25, -0.2) is 4.39 Å². The molecule has 0 saturated heterocycles. The smallest absolute Gasteiger partial charge is 0.313 e. The van der Waals surface area contributed by atoms with Gasteiger partial charge in [-0.05, 0) is 60.8 Å².